The van der Waals surface area contributed by atoms with E-state index < -0.39 is 0 Å². The first-order chi connectivity index (χ1) is 9.43. The number of nitrogens with zero attached hydrogens (tertiary/aromatic N) is 2. The van der Waals surface area contributed by atoms with Crippen LogP contribution < -0.4 is 15.4 Å². The molecule has 2 rings (SSSR count). The minimum Gasteiger partial charge on any atom is -0.491 e. The Bertz CT molecular complexity index is 621. The van der Waals surface area contributed by atoms with Crippen LogP contribution in [0.25, 0.3) is 10.9 Å². The molecule has 1 aromatic heterocycles. The largest absolute Gasteiger partial charge is 0.491 e. The van der Waals surface area contributed by atoms with E-state index in [2.05, 4.69) is 16.0 Å². The van der Waals surface area contributed by atoms with Crippen molar-refractivity contribution in [2.24, 2.45) is 5.73 Å². The summed E-state index contributed by atoms with van der Waals surface area (Å²) in [5.74, 6) is 0.865. The number of aromatic nitrogens is 1. The Hall–Kier alpha value is -1.81. The Labute approximate surface area is 120 Å². The second kappa shape index (κ2) is 5.67. The Morgan fingerprint density at radius 1 is 1.30 bits per heavy atom. The Morgan fingerprint density at radius 2 is 2.00 bits per heavy atom. The fourth-order valence-electron chi connectivity index (χ4n) is 2.49. The summed E-state index contributed by atoms with van der Waals surface area (Å²) in [6.45, 7) is 6.54. The quantitative estimate of drug-likeness (QED) is 0.930. The van der Waals surface area contributed by atoms with Gasteiger partial charge in [0, 0.05) is 37.3 Å². The molecule has 0 amide bonds. The van der Waals surface area contributed by atoms with Gasteiger partial charge in [0.05, 0.1) is 17.3 Å². The fourth-order valence-corrected chi connectivity index (χ4v) is 2.49. The Kier molecular flexibility index (Phi) is 4.14. The van der Waals surface area contributed by atoms with E-state index in [9.17, 15) is 0 Å². The van der Waals surface area contributed by atoms with Crippen molar-refractivity contribution in [2.75, 3.05) is 19.0 Å². The molecule has 2 aromatic rings. The molecule has 1 heterocycles. The third-order valence-corrected chi connectivity index (χ3v) is 3.26. The number of nitrogens with two attached hydrogens (primary N) is 1. The maximum absolute atomic E-state index is 5.90. The SMILES string of the molecule is Cc1nc2ccc(OC(C)C)cc2c(N(C)C)c1CN. The minimum atomic E-state index is 0.155. The van der Waals surface area contributed by atoms with Crippen LogP contribution in [-0.2, 0) is 6.54 Å². The summed E-state index contributed by atoms with van der Waals surface area (Å²) in [4.78, 5) is 6.74. The van der Waals surface area contributed by atoms with Crippen LogP contribution in [0.1, 0.15) is 25.1 Å². The third-order valence-electron chi connectivity index (χ3n) is 3.26. The van der Waals surface area contributed by atoms with E-state index in [0.717, 1.165) is 33.6 Å². The van der Waals surface area contributed by atoms with E-state index in [1.165, 1.54) is 0 Å². The molecule has 0 fully saturated rings. The number of anilines is 1. The predicted molar refractivity (Wildman–Crippen MR) is 84.5 cm³/mol. The van der Waals surface area contributed by atoms with Gasteiger partial charge in [0.25, 0.3) is 0 Å². The van der Waals surface area contributed by atoms with Crippen molar-refractivity contribution in [3.63, 3.8) is 0 Å². The lowest BCUT2D eigenvalue weighted by Crippen LogP contribution is -2.16. The number of ether oxygens (including phenoxy) is 1. The summed E-state index contributed by atoms with van der Waals surface area (Å²) in [5.41, 5.74) is 10.1. The summed E-state index contributed by atoms with van der Waals surface area (Å²) >= 11 is 0. The van der Waals surface area contributed by atoms with Crippen LogP contribution in [0.2, 0.25) is 0 Å². The van der Waals surface area contributed by atoms with Gasteiger partial charge in [0.15, 0.2) is 0 Å². The molecule has 1 aromatic carbocycles. The fraction of sp³-hybridized carbons (Fsp3) is 0.438. The Balaban J connectivity index is 2.71. The molecule has 0 aliphatic heterocycles. The lowest BCUT2D eigenvalue weighted by molar-refractivity contribution is 0.243. The highest BCUT2D eigenvalue weighted by Crippen LogP contribution is 2.33. The van der Waals surface area contributed by atoms with E-state index >= 15 is 0 Å². The van der Waals surface area contributed by atoms with Crippen molar-refractivity contribution in [1.29, 1.82) is 0 Å². The number of hydrogen-bond acceptors (Lipinski definition) is 4. The van der Waals surface area contributed by atoms with Crippen LogP contribution in [0.4, 0.5) is 5.69 Å². The van der Waals surface area contributed by atoms with Crippen LogP contribution >= 0.6 is 0 Å². The summed E-state index contributed by atoms with van der Waals surface area (Å²) in [5, 5.41) is 1.08. The second-order valence-corrected chi connectivity index (χ2v) is 5.47. The van der Waals surface area contributed by atoms with Crippen molar-refractivity contribution in [2.45, 2.75) is 33.4 Å². The Morgan fingerprint density at radius 3 is 2.55 bits per heavy atom. The van der Waals surface area contributed by atoms with Crippen molar-refractivity contribution in [3.8, 4) is 5.75 Å². The van der Waals surface area contributed by atoms with Crippen molar-refractivity contribution in [3.05, 3.63) is 29.5 Å². The monoisotopic (exact) mass is 273 g/mol. The van der Waals surface area contributed by atoms with E-state index in [-0.39, 0.29) is 6.10 Å². The molecule has 2 N–H and O–H groups in total. The first-order valence-electron chi connectivity index (χ1n) is 6.91. The van der Waals surface area contributed by atoms with Gasteiger partial charge in [-0.15, -0.1) is 0 Å². The molecule has 0 saturated carbocycles. The number of benzene rings is 1. The van der Waals surface area contributed by atoms with Gasteiger partial charge in [0.1, 0.15) is 5.75 Å². The molecular weight excluding hydrogens is 250 g/mol. The van der Waals surface area contributed by atoms with Gasteiger partial charge >= 0.3 is 0 Å². The summed E-state index contributed by atoms with van der Waals surface area (Å²) in [6, 6.07) is 6.03. The molecule has 0 aliphatic rings. The van der Waals surface area contributed by atoms with E-state index in [1.54, 1.807) is 0 Å². The van der Waals surface area contributed by atoms with Crippen LogP contribution in [-0.4, -0.2) is 25.2 Å². The number of pyridine rings is 1. The molecule has 0 radical (unpaired) electrons. The number of hydrogen-bond donors (Lipinski definition) is 1. The number of aryl methyl sites for hydroxylation is 1. The lowest BCUT2D eigenvalue weighted by Gasteiger charge is -2.21. The molecule has 108 valence electrons. The lowest BCUT2D eigenvalue weighted by atomic mass is 10.0. The van der Waals surface area contributed by atoms with Crippen molar-refractivity contribution >= 4 is 16.6 Å². The molecule has 0 atom stereocenters. The minimum absolute atomic E-state index is 0.155. The normalized spacial score (nSPS) is 11.2. The van der Waals surface area contributed by atoms with Gasteiger partial charge in [-0.2, -0.15) is 0 Å². The van der Waals surface area contributed by atoms with Crippen LogP contribution in [0.5, 0.6) is 5.75 Å². The molecular formula is C16H23N3O. The van der Waals surface area contributed by atoms with Gasteiger partial charge in [-0.05, 0) is 39.0 Å². The van der Waals surface area contributed by atoms with Gasteiger partial charge < -0.3 is 15.4 Å². The highest BCUT2D eigenvalue weighted by atomic mass is 16.5. The summed E-state index contributed by atoms with van der Waals surface area (Å²) in [6.07, 6.45) is 0.155. The topological polar surface area (TPSA) is 51.4 Å². The third kappa shape index (κ3) is 2.70. The highest BCUT2D eigenvalue weighted by Gasteiger charge is 2.14. The van der Waals surface area contributed by atoms with Crippen molar-refractivity contribution < 1.29 is 4.74 Å². The predicted octanol–water partition coefficient (Wildman–Crippen LogP) is 2.86. The van der Waals surface area contributed by atoms with Gasteiger partial charge in [0.2, 0.25) is 0 Å². The standard InChI is InChI=1S/C16H23N3O/c1-10(2)20-12-6-7-15-13(8-12)16(19(4)5)14(9-17)11(3)18-15/h6-8,10H,9,17H2,1-5H3. The molecule has 0 bridgehead atoms. The highest BCUT2D eigenvalue weighted by molar-refractivity contribution is 5.94. The average molecular weight is 273 g/mol. The summed E-state index contributed by atoms with van der Waals surface area (Å²) in [7, 11) is 4.06. The summed E-state index contributed by atoms with van der Waals surface area (Å²) < 4.78 is 5.78. The molecule has 4 nitrogen and oxygen atoms in total. The first kappa shape index (κ1) is 14.6. The maximum atomic E-state index is 5.90. The van der Waals surface area contributed by atoms with Crippen LogP contribution in [0.3, 0.4) is 0 Å². The molecule has 0 spiro atoms. The molecule has 0 unspecified atom stereocenters. The maximum Gasteiger partial charge on any atom is 0.120 e. The van der Waals surface area contributed by atoms with Gasteiger partial charge in [-0.25, -0.2) is 0 Å². The molecule has 4 heteroatoms. The van der Waals surface area contributed by atoms with E-state index in [1.807, 2.05) is 47.0 Å². The zero-order valence-electron chi connectivity index (χ0n) is 12.9. The molecule has 0 aliphatic carbocycles. The first-order valence-corrected chi connectivity index (χ1v) is 6.91. The van der Waals surface area contributed by atoms with Gasteiger partial charge in [-0.3, -0.25) is 4.98 Å². The zero-order chi connectivity index (χ0) is 14.9. The van der Waals surface area contributed by atoms with Crippen molar-refractivity contribution in [1.82, 2.24) is 4.98 Å². The van der Waals surface area contributed by atoms with Crippen LogP contribution in [0, 0.1) is 6.92 Å². The average Bonchev–Trinajstić information content (AvgIpc) is 2.36. The molecule has 0 saturated heterocycles. The van der Waals surface area contributed by atoms with Gasteiger partial charge in [-0.1, -0.05) is 0 Å². The van der Waals surface area contributed by atoms with Crippen LogP contribution in [0.15, 0.2) is 18.2 Å². The molecule has 20 heavy (non-hydrogen) atoms. The van der Waals surface area contributed by atoms with E-state index in [0.29, 0.717) is 6.54 Å². The number of rotatable bonds is 4. The second-order valence-electron chi connectivity index (χ2n) is 5.47. The smallest absolute Gasteiger partial charge is 0.120 e. The zero-order valence-corrected chi connectivity index (χ0v) is 12.9. The van der Waals surface area contributed by atoms with E-state index in [4.69, 9.17) is 10.5 Å². The number of fused-ring (bicyclic) bond motifs is 1.